The van der Waals surface area contributed by atoms with Crippen molar-refractivity contribution in [2.75, 3.05) is 13.1 Å². The fourth-order valence-electron chi connectivity index (χ4n) is 4.69. The lowest BCUT2D eigenvalue weighted by molar-refractivity contribution is -0.155. The summed E-state index contributed by atoms with van der Waals surface area (Å²) in [5.74, 6) is -0.777. The maximum Gasteiger partial charge on any atom is 0.435 e. The summed E-state index contributed by atoms with van der Waals surface area (Å²) in [5.41, 5.74) is -0.614. The molecule has 4 heterocycles. The molecule has 1 atom stereocenters. The monoisotopic (exact) mass is 585 g/mol. The fraction of sp³-hybridized carbons (Fsp3) is 0.440. The second-order valence-electron chi connectivity index (χ2n) is 9.34. The van der Waals surface area contributed by atoms with Gasteiger partial charge in [0.15, 0.2) is 5.69 Å². The zero-order valence-electron chi connectivity index (χ0n) is 20.6. The second-order valence-corrected chi connectivity index (χ2v) is 10.2. The lowest BCUT2D eigenvalue weighted by Gasteiger charge is -2.31. The minimum Gasteiger partial charge on any atom is -0.342 e. The number of amides is 1. The van der Waals surface area contributed by atoms with Crippen LogP contribution in [0.4, 0.5) is 26.3 Å². The van der Waals surface area contributed by atoms with Crippen molar-refractivity contribution in [3.8, 4) is 6.07 Å². The smallest absolute Gasteiger partial charge is 0.342 e. The first-order valence-electron chi connectivity index (χ1n) is 12.1. The number of nitrogens with zero attached hydrogens (tertiary/aromatic N) is 5. The number of thiazole rings is 1. The van der Waals surface area contributed by atoms with Crippen LogP contribution in [0.1, 0.15) is 63.8 Å². The van der Waals surface area contributed by atoms with Crippen molar-refractivity contribution in [3.63, 3.8) is 0 Å². The first kappa shape index (κ1) is 28.1. The van der Waals surface area contributed by atoms with Crippen molar-refractivity contribution in [1.29, 1.82) is 5.26 Å². The Morgan fingerprint density at radius 1 is 1.10 bits per heavy atom. The maximum atomic E-state index is 13.3. The van der Waals surface area contributed by atoms with Crippen molar-refractivity contribution in [3.05, 3.63) is 68.4 Å². The summed E-state index contributed by atoms with van der Waals surface area (Å²) in [4.78, 5) is 18.7. The Labute approximate surface area is 227 Å². The number of fused-ring (bicyclic) bond motifs is 1. The molecule has 0 spiro atoms. The van der Waals surface area contributed by atoms with E-state index in [0.29, 0.717) is 24.1 Å². The highest BCUT2D eigenvalue weighted by atomic mass is 32.1. The number of carbonyl (C=O) groups is 1. The molecule has 5 rings (SSSR count). The summed E-state index contributed by atoms with van der Waals surface area (Å²) >= 11 is 1.40. The van der Waals surface area contributed by atoms with Crippen LogP contribution in [0.2, 0.25) is 0 Å². The number of piperidine rings is 1. The first-order valence-corrected chi connectivity index (χ1v) is 13.0. The van der Waals surface area contributed by atoms with Gasteiger partial charge in [0.1, 0.15) is 17.9 Å². The van der Waals surface area contributed by atoms with Gasteiger partial charge in [0.25, 0.3) is 0 Å². The van der Waals surface area contributed by atoms with Gasteiger partial charge in [0.05, 0.1) is 29.9 Å². The van der Waals surface area contributed by atoms with E-state index in [-0.39, 0.29) is 43.0 Å². The normalized spacial score (nSPS) is 18.7. The highest BCUT2D eigenvalue weighted by molar-refractivity contribution is 7.09. The molecule has 3 aromatic rings. The van der Waals surface area contributed by atoms with Crippen LogP contribution in [0.25, 0.3) is 0 Å². The zero-order valence-corrected chi connectivity index (χ0v) is 21.4. The molecule has 0 N–H and O–H groups in total. The van der Waals surface area contributed by atoms with E-state index in [2.05, 4.69) is 16.2 Å². The van der Waals surface area contributed by atoms with Crippen LogP contribution < -0.4 is 0 Å². The molecule has 0 bridgehead atoms. The van der Waals surface area contributed by atoms with E-state index in [1.54, 1.807) is 12.1 Å². The summed E-state index contributed by atoms with van der Waals surface area (Å²) in [6, 6.07) is 7.42. The molecule has 2 aromatic heterocycles. The van der Waals surface area contributed by atoms with Crippen LogP contribution in [-0.2, 0) is 46.4 Å². The van der Waals surface area contributed by atoms with Gasteiger partial charge >= 0.3 is 12.4 Å². The van der Waals surface area contributed by atoms with Crippen LogP contribution in [-0.4, -0.2) is 38.7 Å². The molecule has 1 aromatic carbocycles. The van der Waals surface area contributed by atoms with Crippen LogP contribution in [0.15, 0.2) is 29.6 Å². The molecule has 1 saturated heterocycles. The van der Waals surface area contributed by atoms with Gasteiger partial charge in [-0.1, -0.05) is 12.1 Å². The van der Waals surface area contributed by atoms with Gasteiger partial charge in [-0.05, 0) is 24.5 Å². The Bertz CT molecular complexity index is 1440. The average molecular weight is 586 g/mol. The number of likely N-dealkylation sites (tertiary alicyclic amines) is 1. The molecule has 15 heteroatoms. The number of hydrogen-bond acceptors (Lipinski definition) is 7. The van der Waals surface area contributed by atoms with E-state index in [1.807, 2.05) is 11.4 Å². The van der Waals surface area contributed by atoms with Gasteiger partial charge < -0.3 is 14.4 Å². The van der Waals surface area contributed by atoms with E-state index in [9.17, 15) is 36.4 Å². The summed E-state index contributed by atoms with van der Waals surface area (Å²) in [6.07, 6.45) is -9.96. The number of nitriles is 1. The number of halogens is 6. The highest BCUT2D eigenvalue weighted by Gasteiger charge is 2.42. The van der Waals surface area contributed by atoms with Crippen molar-refractivity contribution >= 4 is 17.2 Å². The molecule has 8 nitrogen and oxygen atoms in total. The van der Waals surface area contributed by atoms with E-state index >= 15 is 0 Å². The van der Waals surface area contributed by atoms with Crippen molar-refractivity contribution in [1.82, 2.24) is 19.7 Å². The molecular formula is C25H21F6N5O3S. The first-order chi connectivity index (χ1) is 18.9. The number of benzene rings is 1. The molecule has 1 amide bonds. The Morgan fingerprint density at radius 2 is 1.82 bits per heavy atom. The van der Waals surface area contributed by atoms with Crippen LogP contribution in [0.3, 0.4) is 0 Å². The maximum absolute atomic E-state index is 13.3. The van der Waals surface area contributed by atoms with Gasteiger partial charge in [-0.15, -0.1) is 11.3 Å². The molecule has 0 aliphatic carbocycles. The third-order valence-corrected chi connectivity index (χ3v) is 7.81. The topological polar surface area (TPSA) is 93.3 Å². The number of carbonyl (C=O) groups excluding carboxylic acids is 1. The lowest BCUT2D eigenvalue weighted by Crippen LogP contribution is -2.40. The van der Waals surface area contributed by atoms with Gasteiger partial charge in [0.2, 0.25) is 12.2 Å². The molecule has 40 heavy (non-hydrogen) atoms. The number of aromatic nitrogens is 3. The number of hydrogen-bond donors (Lipinski definition) is 0. The highest BCUT2D eigenvalue weighted by Crippen LogP contribution is 2.37. The molecule has 212 valence electrons. The van der Waals surface area contributed by atoms with Gasteiger partial charge in [-0.25, -0.2) is 4.98 Å². The summed E-state index contributed by atoms with van der Waals surface area (Å²) in [5, 5.41) is 14.9. The van der Waals surface area contributed by atoms with Gasteiger partial charge in [0, 0.05) is 36.0 Å². The minimum absolute atomic E-state index is 0.0248. The molecule has 2 aliphatic heterocycles. The Morgan fingerprint density at radius 3 is 2.50 bits per heavy atom. The number of alkyl halides is 6. The third kappa shape index (κ3) is 5.84. The van der Waals surface area contributed by atoms with Crippen LogP contribution in [0, 0.1) is 11.3 Å². The Hall–Kier alpha value is -3.48. The largest absolute Gasteiger partial charge is 0.435 e. The summed E-state index contributed by atoms with van der Waals surface area (Å²) in [7, 11) is 0. The van der Waals surface area contributed by atoms with Crippen molar-refractivity contribution < 1.29 is 40.6 Å². The van der Waals surface area contributed by atoms with E-state index < -0.39 is 42.5 Å². The quantitative estimate of drug-likeness (QED) is 0.381. The number of ether oxygens (including phenoxy) is 2. The Kier molecular flexibility index (Phi) is 7.60. The van der Waals surface area contributed by atoms with E-state index in [0.717, 1.165) is 16.1 Å². The van der Waals surface area contributed by atoms with Crippen molar-refractivity contribution in [2.45, 2.75) is 57.2 Å². The van der Waals surface area contributed by atoms with Gasteiger partial charge in [-0.3, -0.25) is 9.48 Å². The van der Waals surface area contributed by atoms with E-state index in [1.165, 1.54) is 16.2 Å². The predicted molar refractivity (Wildman–Crippen MR) is 126 cm³/mol. The summed E-state index contributed by atoms with van der Waals surface area (Å²) in [6.45, 7) is -0.109. The average Bonchev–Trinajstić information content (AvgIpc) is 3.52. The molecule has 0 radical (unpaired) electrons. The minimum atomic E-state index is -5.10. The molecule has 1 fully saturated rings. The molecular weight excluding hydrogens is 564 g/mol. The fourth-order valence-corrected chi connectivity index (χ4v) is 5.68. The van der Waals surface area contributed by atoms with Gasteiger partial charge in [-0.2, -0.15) is 36.7 Å². The lowest BCUT2D eigenvalue weighted by atomic mass is 9.97. The third-order valence-electron chi connectivity index (χ3n) is 6.79. The second kappa shape index (κ2) is 10.8. The Balaban J connectivity index is 1.19. The standard InChI is InChI=1S/C25H21F6N5O3S/c26-24(27,28)19-8-20(25(29,30)31)36(34-19)10-21(37)35-6-4-14(5-7-35)22-33-18(13-40-22)23-38-11-16-3-1-2-15(9-32)17(16)12-39-23/h1-3,8,13-14,23H,4-7,10-12H2. The zero-order chi connectivity index (χ0) is 28.7. The molecule has 0 saturated carbocycles. The number of rotatable bonds is 4. The van der Waals surface area contributed by atoms with Crippen LogP contribution >= 0.6 is 11.3 Å². The SMILES string of the molecule is N#Cc1cccc2c1COC(c1csc(C3CCN(C(=O)Cn4nc(C(F)(F)F)cc4C(F)(F)F)CC3)n1)OC2. The molecule has 1 unspecified atom stereocenters. The van der Waals surface area contributed by atoms with Crippen molar-refractivity contribution in [2.24, 2.45) is 0 Å². The summed E-state index contributed by atoms with van der Waals surface area (Å²) < 4.78 is 90.4. The van der Waals surface area contributed by atoms with Crippen LogP contribution in [0.5, 0.6) is 0 Å². The van der Waals surface area contributed by atoms with E-state index in [4.69, 9.17) is 9.47 Å². The molecule has 2 aliphatic rings. The predicted octanol–water partition coefficient (Wildman–Crippen LogP) is 5.40.